The molecule has 20 heavy (non-hydrogen) atoms. The molecule has 0 aliphatic carbocycles. The molecule has 3 heterocycles. The number of hydrogen-bond acceptors (Lipinski definition) is 5. The van der Waals surface area contributed by atoms with Gasteiger partial charge in [0.25, 0.3) is 0 Å². The van der Waals surface area contributed by atoms with Gasteiger partial charge in [0, 0.05) is 5.56 Å². The highest BCUT2D eigenvalue weighted by Gasteiger charge is 2.17. The summed E-state index contributed by atoms with van der Waals surface area (Å²) in [6.07, 6.45) is 2.57. The summed E-state index contributed by atoms with van der Waals surface area (Å²) in [5.41, 5.74) is 1.13. The van der Waals surface area contributed by atoms with Gasteiger partial charge in [-0.1, -0.05) is 41.7 Å². The van der Waals surface area contributed by atoms with Gasteiger partial charge in [0.05, 0.1) is 6.54 Å². The Bertz CT molecular complexity index is 712. The Hall–Kier alpha value is -1.79. The number of likely N-dealkylation sites (tertiary alicyclic amines) is 1. The highest BCUT2D eigenvalue weighted by molar-refractivity contribution is 7.19. The van der Waals surface area contributed by atoms with Crippen LogP contribution in [-0.2, 0) is 6.54 Å². The second kappa shape index (κ2) is 4.96. The van der Waals surface area contributed by atoms with Crippen LogP contribution in [0.1, 0.15) is 18.7 Å². The lowest BCUT2D eigenvalue weighted by molar-refractivity contribution is 0.319. The largest absolute Gasteiger partial charge is 0.296 e. The van der Waals surface area contributed by atoms with Gasteiger partial charge >= 0.3 is 0 Å². The molecule has 0 amide bonds. The van der Waals surface area contributed by atoms with Crippen molar-refractivity contribution < 1.29 is 0 Å². The summed E-state index contributed by atoms with van der Waals surface area (Å²) in [7, 11) is 0. The molecule has 5 nitrogen and oxygen atoms in total. The molecule has 0 N–H and O–H groups in total. The predicted molar refractivity (Wildman–Crippen MR) is 78.6 cm³/mol. The van der Waals surface area contributed by atoms with Gasteiger partial charge in [-0.05, 0) is 25.9 Å². The molecule has 0 atom stereocenters. The van der Waals surface area contributed by atoms with Crippen molar-refractivity contribution in [3.05, 3.63) is 36.2 Å². The van der Waals surface area contributed by atoms with Gasteiger partial charge in [0.2, 0.25) is 4.96 Å². The van der Waals surface area contributed by atoms with Crippen molar-refractivity contribution in [2.45, 2.75) is 19.4 Å². The Morgan fingerprint density at radius 1 is 1.05 bits per heavy atom. The molecule has 1 aliphatic heterocycles. The monoisotopic (exact) mass is 285 g/mol. The molecule has 3 aromatic rings. The molecule has 1 saturated heterocycles. The van der Waals surface area contributed by atoms with Crippen LogP contribution in [-0.4, -0.2) is 37.8 Å². The van der Waals surface area contributed by atoms with Crippen LogP contribution in [0.15, 0.2) is 30.3 Å². The normalized spacial score (nSPS) is 16.2. The molecule has 1 fully saturated rings. The molecular weight excluding hydrogens is 270 g/mol. The van der Waals surface area contributed by atoms with Crippen molar-refractivity contribution in [3.8, 4) is 10.6 Å². The summed E-state index contributed by atoms with van der Waals surface area (Å²) >= 11 is 1.59. The van der Waals surface area contributed by atoms with E-state index in [2.05, 4.69) is 32.3 Å². The van der Waals surface area contributed by atoms with Crippen LogP contribution in [0.3, 0.4) is 0 Å². The van der Waals surface area contributed by atoms with Gasteiger partial charge < -0.3 is 0 Å². The molecule has 2 aromatic heterocycles. The van der Waals surface area contributed by atoms with E-state index >= 15 is 0 Å². The number of benzene rings is 1. The second-order valence-corrected chi connectivity index (χ2v) is 6.02. The first-order valence-corrected chi connectivity index (χ1v) is 7.71. The minimum absolute atomic E-state index is 0.846. The van der Waals surface area contributed by atoms with Gasteiger partial charge in [-0.25, -0.2) is 0 Å². The summed E-state index contributed by atoms with van der Waals surface area (Å²) in [6, 6.07) is 10.2. The molecule has 1 aliphatic rings. The summed E-state index contributed by atoms with van der Waals surface area (Å²) in [4.78, 5) is 3.29. The first-order chi connectivity index (χ1) is 9.90. The summed E-state index contributed by atoms with van der Waals surface area (Å²) in [5.74, 6) is 0.945. The molecule has 0 radical (unpaired) electrons. The Labute approximate surface area is 120 Å². The Morgan fingerprint density at radius 2 is 1.85 bits per heavy atom. The van der Waals surface area contributed by atoms with Crippen molar-refractivity contribution in [2.24, 2.45) is 0 Å². The van der Waals surface area contributed by atoms with Crippen molar-refractivity contribution >= 4 is 16.3 Å². The Morgan fingerprint density at radius 3 is 2.65 bits per heavy atom. The van der Waals surface area contributed by atoms with E-state index in [1.807, 2.05) is 22.7 Å². The fourth-order valence-electron chi connectivity index (χ4n) is 2.59. The lowest BCUT2D eigenvalue weighted by atomic mass is 10.2. The molecule has 4 rings (SSSR count). The van der Waals surface area contributed by atoms with Gasteiger partial charge in [0.15, 0.2) is 5.82 Å². The zero-order valence-corrected chi connectivity index (χ0v) is 11.9. The first-order valence-electron chi connectivity index (χ1n) is 6.89. The number of aromatic nitrogens is 4. The quantitative estimate of drug-likeness (QED) is 0.741. The fourth-order valence-corrected chi connectivity index (χ4v) is 3.46. The molecular formula is C14H15N5S. The lowest BCUT2D eigenvalue weighted by Crippen LogP contribution is -2.20. The average Bonchev–Trinajstić information content (AvgIpc) is 3.19. The van der Waals surface area contributed by atoms with Gasteiger partial charge in [0.1, 0.15) is 5.01 Å². The van der Waals surface area contributed by atoms with Crippen LogP contribution in [0.2, 0.25) is 0 Å². The molecule has 0 saturated carbocycles. The SMILES string of the molecule is c1ccc(-c2nn3c(CN4CCCC4)nnc3s2)cc1. The summed E-state index contributed by atoms with van der Waals surface area (Å²) in [5, 5.41) is 14.2. The maximum absolute atomic E-state index is 4.67. The van der Waals surface area contributed by atoms with E-state index in [0.717, 1.165) is 41.0 Å². The standard InChI is InChI=1S/C14H15N5S/c1-2-6-11(7-3-1)13-17-19-12(15-16-14(19)20-13)10-18-8-4-5-9-18/h1-3,6-7H,4-5,8-10H2. The molecule has 0 unspecified atom stereocenters. The summed E-state index contributed by atoms with van der Waals surface area (Å²) in [6.45, 7) is 3.16. The number of rotatable bonds is 3. The Balaban J connectivity index is 1.68. The van der Waals surface area contributed by atoms with Gasteiger partial charge in [-0.2, -0.15) is 9.61 Å². The van der Waals surface area contributed by atoms with Gasteiger partial charge in [-0.15, -0.1) is 10.2 Å². The van der Waals surface area contributed by atoms with E-state index in [-0.39, 0.29) is 0 Å². The topological polar surface area (TPSA) is 46.3 Å². The van der Waals surface area contributed by atoms with Crippen LogP contribution in [0.4, 0.5) is 0 Å². The average molecular weight is 285 g/mol. The predicted octanol–water partition coefficient (Wildman–Crippen LogP) is 2.45. The van der Waals surface area contributed by atoms with E-state index in [9.17, 15) is 0 Å². The van der Waals surface area contributed by atoms with Crippen molar-refractivity contribution in [3.63, 3.8) is 0 Å². The van der Waals surface area contributed by atoms with Crippen LogP contribution in [0, 0.1) is 0 Å². The first kappa shape index (κ1) is 12.0. The third kappa shape index (κ3) is 2.10. The summed E-state index contributed by atoms with van der Waals surface area (Å²) < 4.78 is 1.89. The highest BCUT2D eigenvalue weighted by atomic mass is 32.1. The lowest BCUT2D eigenvalue weighted by Gasteiger charge is -2.11. The van der Waals surface area contributed by atoms with E-state index in [0.29, 0.717) is 0 Å². The zero-order valence-electron chi connectivity index (χ0n) is 11.1. The van der Waals surface area contributed by atoms with Crippen LogP contribution < -0.4 is 0 Å². The molecule has 6 heteroatoms. The molecule has 0 spiro atoms. The van der Waals surface area contributed by atoms with E-state index in [4.69, 9.17) is 0 Å². The van der Waals surface area contributed by atoms with Crippen LogP contribution in [0.5, 0.6) is 0 Å². The Kier molecular flexibility index (Phi) is 2.97. The zero-order chi connectivity index (χ0) is 13.4. The third-order valence-electron chi connectivity index (χ3n) is 3.64. The number of hydrogen-bond donors (Lipinski definition) is 0. The van der Waals surface area contributed by atoms with Crippen molar-refractivity contribution in [1.82, 2.24) is 24.7 Å². The molecule has 0 bridgehead atoms. The number of fused-ring (bicyclic) bond motifs is 1. The minimum Gasteiger partial charge on any atom is -0.296 e. The van der Waals surface area contributed by atoms with Crippen molar-refractivity contribution in [1.29, 1.82) is 0 Å². The minimum atomic E-state index is 0.846. The maximum Gasteiger partial charge on any atom is 0.235 e. The highest BCUT2D eigenvalue weighted by Crippen LogP contribution is 2.25. The van der Waals surface area contributed by atoms with Crippen LogP contribution in [0.25, 0.3) is 15.5 Å². The third-order valence-corrected chi connectivity index (χ3v) is 4.59. The van der Waals surface area contributed by atoms with E-state index < -0.39 is 0 Å². The fraction of sp³-hybridized carbons (Fsp3) is 0.357. The molecule has 102 valence electrons. The second-order valence-electron chi connectivity index (χ2n) is 5.07. The smallest absolute Gasteiger partial charge is 0.235 e. The number of nitrogens with zero attached hydrogens (tertiary/aromatic N) is 5. The van der Waals surface area contributed by atoms with E-state index in [1.165, 1.54) is 12.8 Å². The van der Waals surface area contributed by atoms with Gasteiger partial charge in [-0.3, -0.25) is 4.90 Å². The maximum atomic E-state index is 4.67. The van der Waals surface area contributed by atoms with Crippen molar-refractivity contribution in [2.75, 3.05) is 13.1 Å². The van der Waals surface area contributed by atoms with Crippen LogP contribution >= 0.6 is 11.3 Å². The van der Waals surface area contributed by atoms with E-state index in [1.54, 1.807) is 11.3 Å². The molecule has 1 aromatic carbocycles.